The summed E-state index contributed by atoms with van der Waals surface area (Å²) in [4.78, 5) is 27.4. The van der Waals surface area contributed by atoms with Crippen LogP contribution in [0.5, 0.6) is 0 Å². The predicted octanol–water partition coefficient (Wildman–Crippen LogP) is 4.88. The summed E-state index contributed by atoms with van der Waals surface area (Å²) in [5.41, 5.74) is 0.280. The topological polar surface area (TPSA) is 86.8 Å². The lowest BCUT2D eigenvalue weighted by atomic mass is 10.1. The van der Waals surface area contributed by atoms with Gasteiger partial charge in [-0.15, -0.1) is 0 Å². The van der Waals surface area contributed by atoms with Gasteiger partial charge in [0.1, 0.15) is 18.4 Å². The van der Waals surface area contributed by atoms with Crippen molar-refractivity contribution in [3.8, 4) is 0 Å². The van der Waals surface area contributed by atoms with Crippen LogP contribution >= 0.6 is 23.2 Å². The van der Waals surface area contributed by atoms with Crippen molar-refractivity contribution in [1.29, 1.82) is 0 Å². The van der Waals surface area contributed by atoms with E-state index < -0.39 is 40.2 Å². The number of hydrogen-bond acceptors (Lipinski definition) is 4. The molecule has 0 aliphatic rings. The van der Waals surface area contributed by atoms with Gasteiger partial charge in [-0.05, 0) is 50.2 Å². The van der Waals surface area contributed by atoms with Crippen LogP contribution in [0.4, 0.5) is 10.1 Å². The molecule has 0 bridgehead atoms. The summed E-state index contributed by atoms with van der Waals surface area (Å²) in [6, 6.07) is 16.6. The second-order valence-corrected chi connectivity index (χ2v) is 10.8. The van der Waals surface area contributed by atoms with Crippen molar-refractivity contribution in [2.75, 3.05) is 17.4 Å². The number of rotatable bonds is 10. The zero-order chi connectivity index (χ0) is 27.2. The normalized spacial score (nSPS) is 12.0. The third kappa shape index (κ3) is 6.80. The number of carbonyl (C=O) groups is 2. The quantitative estimate of drug-likeness (QED) is 0.379. The molecule has 0 saturated carbocycles. The van der Waals surface area contributed by atoms with E-state index in [1.54, 1.807) is 31.2 Å². The molecule has 0 aromatic heterocycles. The van der Waals surface area contributed by atoms with E-state index in [-0.39, 0.29) is 32.7 Å². The van der Waals surface area contributed by atoms with E-state index in [0.29, 0.717) is 6.54 Å². The van der Waals surface area contributed by atoms with Gasteiger partial charge in [0.05, 0.1) is 20.6 Å². The Morgan fingerprint density at radius 2 is 1.62 bits per heavy atom. The zero-order valence-electron chi connectivity index (χ0n) is 20.2. The molecule has 0 aliphatic carbocycles. The van der Waals surface area contributed by atoms with Crippen LogP contribution < -0.4 is 9.62 Å². The first-order valence-electron chi connectivity index (χ1n) is 11.4. The highest BCUT2D eigenvalue weighted by atomic mass is 35.5. The summed E-state index contributed by atoms with van der Waals surface area (Å²) < 4.78 is 42.7. The minimum Gasteiger partial charge on any atom is -0.355 e. The molecule has 1 N–H and O–H groups in total. The summed E-state index contributed by atoms with van der Waals surface area (Å²) in [5, 5.41) is 2.95. The third-order valence-electron chi connectivity index (χ3n) is 5.62. The Morgan fingerprint density at radius 1 is 0.973 bits per heavy atom. The Labute approximate surface area is 225 Å². The number of likely N-dealkylation sites (N-methyl/N-ethyl adjacent to an activating group) is 1. The minimum atomic E-state index is -4.24. The van der Waals surface area contributed by atoms with Gasteiger partial charge in [-0.25, -0.2) is 12.8 Å². The monoisotopic (exact) mass is 565 g/mol. The minimum absolute atomic E-state index is 0.0497. The molecule has 196 valence electrons. The van der Waals surface area contributed by atoms with E-state index in [1.165, 1.54) is 55.5 Å². The average molecular weight is 566 g/mol. The highest BCUT2D eigenvalue weighted by molar-refractivity contribution is 7.92. The van der Waals surface area contributed by atoms with Crippen molar-refractivity contribution in [3.05, 3.63) is 94.2 Å². The molecule has 0 saturated heterocycles. The molecule has 0 aliphatic heterocycles. The molecule has 0 heterocycles. The number of nitrogens with one attached hydrogen (secondary N) is 1. The standard InChI is InChI=1S/C26H26Cl2FN3O4S/c1-3-30-26(34)18(2)31(16-19-9-7-8-12-24(19)29)25(33)17-32(20-13-14-22(27)23(28)15-20)37(35,36)21-10-5-4-6-11-21/h4-15,18H,3,16-17H2,1-2H3,(H,30,34)/t18-/m1/s1. The fraction of sp³-hybridized carbons (Fsp3) is 0.231. The molecule has 3 rings (SSSR count). The largest absolute Gasteiger partial charge is 0.355 e. The SMILES string of the molecule is CCNC(=O)[C@@H](C)N(Cc1ccccc1F)C(=O)CN(c1ccc(Cl)c(Cl)c1)S(=O)(=O)c1ccccc1. The Morgan fingerprint density at radius 3 is 2.24 bits per heavy atom. The molecule has 2 amide bonds. The third-order valence-corrected chi connectivity index (χ3v) is 8.15. The smallest absolute Gasteiger partial charge is 0.264 e. The zero-order valence-corrected chi connectivity index (χ0v) is 22.5. The maximum Gasteiger partial charge on any atom is 0.264 e. The first-order chi connectivity index (χ1) is 17.6. The van der Waals surface area contributed by atoms with Crippen molar-refractivity contribution in [2.24, 2.45) is 0 Å². The second kappa shape index (κ2) is 12.4. The summed E-state index contributed by atoms with van der Waals surface area (Å²) in [6.45, 7) is 2.63. The van der Waals surface area contributed by atoms with Crippen LogP contribution in [0.25, 0.3) is 0 Å². The van der Waals surface area contributed by atoms with Crippen molar-refractivity contribution >= 4 is 50.7 Å². The van der Waals surface area contributed by atoms with Gasteiger partial charge in [-0.1, -0.05) is 59.6 Å². The van der Waals surface area contributed by atoms with Gasteiger partial charge in [0.25, 0.3) is 10.0 Å². The summed E-state index contributed by atoms with van der Waals surface area (Å²) in [7, 11) is -4.24. The number of nitrogens with zero attached hydrogens (tertiary/aromatic N) is 2. The fourth-order valence-electron chi connectivity index (χ4n) is 3.60. The number of anilines is 1. The van der Waals surface area contributed by atoms with Gasteiger partial charge in [-0.3, -0.25) is 13.9 Å². The van der Waals surface area contributed by atoms with Crippen LogP contribution in [0.1, 0.15) is 19.4 Å². The van der Waals surface area contributed by atoms with Gasteiger partial charge >= 0.3 is 0 Å². The van der Waals surface area contributed by atoms with Crippen molar-refractivity contribution in [2.45, 2.75) is 31.3 Å². The fourth-order valence-corrected chi connectivity index (χ4v) is 5.32. The summed E-state index contributed by atoms with van der Waals surface area (Å²) in [6.07, 6.45) is 0. The molecule has 37 heavy (non-hydrogen) atoms. The van der Waals surface area contributed by atoms with Gasteiger partial charge < -0.3 is 10.2 Å². The molecule has 3 aromatic carbocycles. The molecule has 1 atom stereocenters. The Bertz CT molecular complexity index is 1370. The molecular weight excluding hydrogens is 540 g/mol. The van der Waals surface area contributed by atoms with Crippen LogP contribution in [0.2, 0.25) is 10.0 Å². The lowest BCUT2D eigenvalue weighted by Gasteiger charge is -2.32. The van der Waals surface area contributed by atoms with Crippen molar-refractivity contribution in [1.82, 2.24) is 10.2 Å². The van der Waals surface area contributed by atoms with E-state index in [1.807, 2.05) is 0 Å². The highest BCUT2D eigenvalue weighted by Crippen LogP contribution is 2.31. The van der Waals surface area contributed by atoms with Crippen molar-refractivity contribution in [3.63, 3.8) is 0 Å². The van der Waals surface area contributed by atoms with Crippen LogP contribution in [-0.2, 0) is 26.2 Å². The van der Waals surface area contributed by atoms with Crippen LogP contribution in [0.3, 0.4) is 0 Å². The predicted molar refractivity (Wildman–Crippen MR) is 143 cm³/mol. The highest BCUT2D eigenvalue weighted by Gasteiger charge is 2.33. The molecule has 0 unspecified atom stereocenters. The number of benzene rings is 3. The molecule has 7 nitrogen and oxygen atoms in total. The van der Waals surface area contributed by atoms with Crippen LogP contribution in [0.15, 0.2) is 77.7 Å². The van der Waals surface area contributed by atoms with E-state index in [2.05, 4.69) is 5.32 Å². The Hall–Kier alpha value is -3.14. The summed E-state index contributed by atoms with van der Waals surface area (Å²) in [5.74, 6) is -1.73. The molecule has 0 spiro atoms. The average Bonchev–Trinajstić information content (AvgIpc) is 2.88. The molecular formula is C26H26Cl2FN3O4S. The van der Waals surface area contributed by atoms with Crippen LogP contribution in [-0.4, -0.2) is 44.3 Å². The maximum absolute atomic E-state index is 14.5. The molecule has 0 fully saturated rings. The van der Waals surface area contributed by atoms with E-state index >= 15 is 0 Å². The molecule has 11 heteroatoms. The first kappa shape index (κ1) is 28.4. The number of hydrogen-bond donors (Lipinski definition) is 1. The second-order valence-electron chi connectivity index (χ2n) is 8.11. The lowest BCUT2D eigenvalue weighted by molar-refractivity contribution is -0.139. The Balaban J connectivity index is 2.05. The van der Waals surface area contributed by atoms with E-state index in [4.69, 9.17) is 23.2 Å². The van der Waals surface area contributed by atoms with E-state index in [9.17, 15) is 22.4 Å². The maximum atomic E-state index is 14.5. The number of carbonyl (C=O) groups excluding carboxylic acids is 2. The lowest BCUT2D eigenvalue weighted by Crippen LogP contribution is -2.51. The molecule has 0 radical (unpaired) electrons. The van der Waals surface area contributed by atoms with Gasteiger partial charge in [-0.2, -0.15) is 0 Å². The number of amides is 2. The van der Waals surface area contributed by atoms with Gasteiger partial charge in [0.2, 0.25) is 11.8 Å². The number of halogens is 3. The van der Waals surface area contributed by atoms with E-state index in [0.717, 1.165) is 9.21 Å². The Kier molecular flexibility index (Phi) is 9.53. The van der Waals surface area contributed by atoms with Crippen LogP contribution in [0, 0.1) is 5.82 Å². The summed E-state index contributed by atoms with van der Waals surface area (Å²) >= 11 is 12.2. The van der Waals surface area contributed by atoms with Gasteiger partial charge in [0.15, 0.2) is 0 Å². The first-order valence-corrected chi connectivity index (χ1v) is 13.6. The number of sulfonamides is 1. The van der Waals surface area contributed by atoms with Crippen molar-refractivity contribution < 1.29 is 22.4 Å². The molecule has 3 aromatic rings. The van der Waals surface area contributed by atoms with Gasteiger partial charge in [0, 0.05) is 18.7 Å².